The normalized spacial score (nSPS) is 10.9. The van der Waals surface area contributed by atoms with Gasteiger partial charge in [0.2, 0.25) is 0 Å². The molecule has 2 rings (SSSR count). The molecule has 22 heavy (non-hydrogen) atoms. The zero-order valence-corrected chi connectivity index (χ0v) is 16.3. The van der Waals surface area contributed by atoms with Gasteiger partial charge in [0, 0.05) is 14.5 Å². The van der Waals surface area contributed by atoms with Crippen LogP contribution in [-0.4, -0.2) is 17.2 Å². The molecule has 0 radical (unpaired) electrons. The van der Waals surface area contributed by atoms with E-state index in [0.717, 1.165) is 8.95 Å². The van der Waals surface area contributed by atoms with Crippen molar-refractivity contribution in [3.63, 3.8) is 0 Å². The molecule has 0 saturated heterocycles. The second kappa shape index (κ2) is 7.59. The number of carbonyl (C=O) groups excluding carboxylic acids is 1. The summed E-state index contributed by atoms with van der Waals surface area (Å²) in [6.45, 7) is 0. The van der Waals surface area contributed by atoms with Gasteiger partial charge in [0.05, 0.1) is 21.3 Å². The van der Waals surface area contributed by atoms with Gasteiger partial charge in [0.25, 0.3) is 5.91 Å². The number of halogens is 4. The molecule has 0 aliphatic carbocycles. The van der Waals surface area contributed by atoms with E-state index in [0.29, 0.717) is 20.6 Å². The molecular formula is C14H8Br3ClN2O2. The number of benzene rings is 2. The van der Waals surface area contributed by atoms with Gasteiger partial charge in [-0.2, -0.15) is 5.10 Å². The maximum atomic E-state index is 12.0. The van der Waals surface area contributed by atoms with Crippen molar-refractivity contribution in [2.45, 2.75) is 0 Å². The monoisotopic (exact) mass is 508 g/mol. The lowest BCUT2D eigenvalue weighted by Crippen LogP contribution is -2.18. The fraction of sp³-hybridized carbons (Fsp3) is 0. The topological polar surface area (TPSA) is 61.7 Å². The van der Waals surface area contributed by atoms with E-state index in [2.05, 4.69) is 58.3 Å². The van der Waals surface area contributed by atoms with Crippen LogP contribution in [0.25, 0.3) is 0 Å². The summed E-state index contributed by atoms with van der Waals surface area (Å²) in [6, 6.07) is 8.32. The summed E-state index contributed by atoms with van der Waals surface area (Å²) in [5.74, 6) is -0.419. The van der Waals surface area contributed by atoms with Gasteiger partial charge >= 0.3 is 0 Å². The summed E-state index contributed by atoms with van der Waals surface area (Å²) in [6.07, 6.45) is 1.34. The van der Waals surface area contributed by atoms with Gasteiger partial charge in [-0.15, -0.1) is 0 Å². The van der Waals surface area contributed by atoms with Crippen LogP contribution in [0.15, 0.2) is 48.9 Å². The first-order valence-electron chi connectivity index (χ1n) is 5.85. The van der Waals surface area contributed by atoms with Gasteiger partial charge in [-0.05, 0) is 46.3 Å². The third kappa shape index (κ3) is 4.32. The van der Waals surface area contributed by atoms with Crippen molar-refractivity contribution < 1.29 is 9.90 Å². The summed E-state index contributed by atoms with van der Waals surface area (Å²) < 4.78 is 2.02. The SMILES string of the molecule is O=C(NN=Cc1cc(Br)cc(Br)c1O)c1cc(Br)ccc1Cl. The summed E-state index contributed by atoms with van der Waals surface area (Å²) in [7, 11) is 0. The van der Waals surface area contributed by atoms with Crippen LogP contribution in [0.3, 0.4) is 0 Å². The molecule has 0 aromatic heterocycles. The number of carbonyl (C=O) groups is 1. The first-order valence-corrected chi connectivity index (χ1v) is 8.60. The van der Waals surface area contributed by atoms with Gasteiger partial charge in [0.15, 0.2) is 0 Å². The summed E-state index contributed by atoms with van der Waals surface area (Å²) in [5, 5.41) is 14.0. The molecule has 114 valence electrons. The lowest BCUT2D eigenvalue weighted by molar-refractivity contribution is 0.0955. The Morgan fingerprint density at radius 1 is 1.18 bits per heavy atom. The Balaban J connectivity index is 2.16. The smallest absolute Gasteiger partial charge is 0.272 e. The third-order valence-electron chi connectivity index (χ3n) is 2.60. The van der Waals surface area contributed by atoms with E-state index >= 15 is 0 Å². The highest BCUT2D eigenvalue weighted by Gasteiger charge is 2.10. The van der Waals surface area contributed by atoms with E-state index < -0.39 is 5.91 Å². The molecule has 2 aromatic rings. The van der Waals surface area contributed by atoms with E-state index in [9.17, 15) is 9.90 Å². The fourth-order valence-electron chi connectivity index (χ4n) is 1.58. The standard InChI is InChI=1S/C14H8Br3ClN2O2/c15-8-1-2-12(18)10(4-8)14(22)20-19-6-7-3-9(16)5-11(17)13(7)21/h1-6,21H,(H,20,22). The number of rotatable bonds is 3. The van der Waals surface area contributed by atoms with Gasteiger partial charge in [-0.3, -0.25) is 4.79 Å². The van der Waals surface area contributed by atoms with E-state index in [1.54, 1.807) is 30.3 Å². The summed E-state index contributed by atoms with van der Waals surface area (Å²) >= 11 is 15.8. The van der Waals surface area contributed by atoms with Gasteiger partial charge in [0.1, 0.15) is 5.75 Å². The average Bonchev–Trinajstić information content (AvgIpc) is 2.46. The second-order valence-corrected chi connectivity index (χ2v) is 7.24. The zero-order chi connectivity index (χ0) is 16.3. The molecule has 0 aliphatic heterocycles. The minimum Gasteiger partial charge on any atom is -0.506 e. The average molecular weight is 511 g/mol. The molecule has 0 atom stereocenters. The predicted molar refractivity (Wildman–Crippen MR) is 97.7 cm³/mol. The van der Waals surface area contributed by atoms with Gasteiger partial charge in [-0.25, -0.2) is 5.43 Å². The van der Waals surface area contributed by atoms with Crippen molar-refractivity contribution in [2.75, 3.05) is 0 Å². The van der Waals surface area contributed by atoms with Crippen molar-refractivity contribution in [1.82, 2.24) is 5.43 Å². The number of hydrazone groups is 1. The maximum absolute atomic E-state index is 12.0. The van der Waals surface area contributed by atoms with Crippen molar-refractivity contribution in [3.05, 3.63) is 59.9 Å². The molecule has 0 spiro atoms. The first-order chi connectivity index (χ1) is 10.4. The number of phenols is 1. The van der Waals surface area contributed by atoms with Crippen LogP contribution in [0.2, 0.25) is 5.02 Å². The second-order valence-electron chi connectivity index (χ2n) is 4.15. The maximum Gasteiger partial charge on any atom is 0.272 e. The molecule has 0 saturated carbocycles. The Morgan fingerprint density at radius 3 is 2.64 bits per heavy atom. The number of nitrogens with zero attached hydrogens (tertiary/aromatic N) is 1. The molecular weight excluding hydrogens is 503 g/mol. The number of hydrogen-bond donors (Lipinski definition) is 2. The Labute approximate surface area is 156 Å². The van der Waals surface area contributed by atoms with E-state index in [1.807, 2.05) is 0 Å². The van der Waals surface area contributed by atoms with E-state index in [4.69, 9.17) is 11.6 Å². The van der Waals surface area contributed by atoms with Crippen molar-refractivity contribution >= 4 is 71.5 Å². The van der Waals surface area contributed by atoms with Crippen LogP contribution in [-0.2, 0) is 0 Å². The number of hydrogen-bond acceptors (Lipinski definition) is 3. The number of aromatic hydroxyl groups is 1. The predicted octanol–water partition coefficient (Wildman–Crippen LogP) is 5.10. The molecule has 0 unspecified atom stereocenters. The lowest BCUT2D eigenvalue weighted by Gasteiger charge is -2.04. The van der Waals surface area contributed by atoms with E-state index in [-0.39, 0.29) is 5.75 Å². The molecule has 0 bridgehead atoms. The molecule has 2 N–H and O–H groups in total. The van der Waals surface area contributed by atoms with E-state index in [1.165, 1.54) is 6.21 Å². The largest absolute Gasteiger partial charge is 0.506 e. The Bertz CT molecular complexity index is 766. The highest BCUT2D eigenvalue weighted by molar-refractivity contribution is 9.11. The van der Waals surface area contributed by atoms with Crippen LogP contribution in [0.4, 0.5) is 0 Å². The molecule has 1 amide bonds. The van der Waals surface area contributed by atoms with Crippen LogP contribution in [0.1, 0.15) is 15.9 Å². The number of nitrogens with one attached hydrogen (secondary N) is 1. The summed E-state index contributed by atoms with van der Waals surface area (Å²) in [5.41, 5.74) is 3.11. The molecule has 0 aliphatic rings. The fourth-order valence-corrected chi connectivity index (χ4v) is 3.40. The number of amides is 1. The highest BCUT2D eigenvalue weighted by Crippen LogP contribution is 2.30. The van der Waals surface area contributed by atoms with Crippen molar-refractivity contribution in [3.8, 4) is 5.75 Å². The minimum absolute atomic E-state index is 0.0293. The van der Waals surface area contributed by atoms with Gasteiger partial charge in [-0.1, -0.05) is 43.5 Å². The van der Waals surface area contributed by atoms with Crippen LogP contribution < -0.4 is 5.43 Å². The number of phenolic OH excluding ortho intramolecular Hbond substituents is 1. The molecule has 0 heterocycles. The quantitative estimate of drug-likeness (QED) is 0.445. The highest BCUT2D eigenvalue weighted by atomic mass is 79.9. The van der Waals surface area contributed by atoms with Crippen LogP contribution >= 0.6 is 59.4 Å². The Kier molecular flexibility index (Phi) is 6.02. The molecule has 2 aromatic carbocycles. The zero-order valence-electron chi connectivity index (χ0n) is 10.8. The van der Waals surface area contributed by atoms with Crippen LogP contribution in [0.5, 0.6) is 5.75 Å². The van der Waals surface area contributed by atoms with Crippen LogP contribution in [0, 0.1) is 0 Å². The van der Waals surface area contributed by atoms with Crippen molar-refractivity contribution in [2.24, 2.45) is 5.10 Å². The molecule has 4 nitrogen and oxygen atoms in total. The Morgan fingerprint density at radius 2 is 1.91 bits per heavy atom. The van der Waals surface area contributed by atoms with Crippen molar-refractivity contribution in [1.29, 1.82) is 0 Å². The minimum atomic E-state index is -0.448. The molecule has 8 heteroatoms. The third-order valence-corrected chi connectivity index (χ3v) is 4.49. The Hall–Kier alpha value is -0.890. The first kappa shape index (κ1) is 17.5. The summed E-state index contributed by atoms with van der Waals surface area (Å²) in [4.78, 5) is 12.0. The lowest BCUT2D eigenvalue weighted by atomic mass is 10.2. The van der Waals surface area contributed by atoms with Gasteiger partial charge < -0.3 is 5.11 Å². The molecule has 0 fully saturated rings.